The van der Waals surface area contributed by atoms with Crippen molar-refractivity contribution in [3.63, 3.8) is 0 Å². The van der Waals surface area contributed by atoms with Gasteiger partial charge in [0.2, 0.25) is 5.91 Å². The summed E-state index contributed by atoms with van der Waals surface area (Å²) in [5.74, 6) is 1.35. The van der Waals surface area contributed by atoms with E-state index in [1.807, 2.05) is 19.1 Å². The molecule has 0 saturated heterocycles. The quantitative estimate of drug-likeness (QED) is 0.702. The lowest BCUT2D eigenvalue weighted by Crippen LogP contribution is -2.28. The fourth-order valence-electron chi connectivity index (χ4n) is 1.00. The largest absolute Gasteiger partial charge is 0.466 e. The first kappa shape index (κ1) is 9.80. The molecule has 0 aliphatic rings. The molecule has 0 aliphatic carbocycles. The third-order valence-electron chi connectivity index (χ3n) is 1.63. The first-order valence-corrected chi connectivity index (χ1v) is 4.15. The summed E-state index contributed by atoms with van der Waals surface area (Å²) in [7, 11) is 0. The summed E-state index contributed by atoms with van der Waals surface area (Å²) in [6.45, 7) is 1.90. The summed E-state index contributed by atoms with van der Waals surface area (Å²) in [4.78, 5) is 10.6. The highest BCUT2D eigenvalue weighted by Crippen LogP contribution is 2.05. The van der Waals surface area contributed by atoms with Crippen molar-refractivity contribution in [3.05, 3.63) is 23.7 Å². The molecule has 4 nitrogen and oxygen atoms in total. The zero-order valence-electron chi connectivity index (χ0n) is 7.54. The van der Waals surface area contributed by atoms with E-state index in [-0.39, 0.29) is 5.91 Å². The average Bonchev–Trinajstić information content (AvgIpc) is 2.51. The van der Waals surface area contributed by atoms with Crippen molar-refractivity contribution in [1.29, 1.82) is 0 Å². The summed E-state index contributed by atoms with van der Waals surface area (Å²) in [6, 6.07) is 3.75. The number of carbonyl (C=O) groups is 1. The molecule has 0 aromatic carbocycles. The van der Waals surface area contributed by atoms with Crippen molar-refractivity contribution in [2.45, 2.75) is 13.3 Å². The van der Waals surface area contributed by atoms with E-state index in [1.54, 1.807) is 0 Å². The van der Waals surface area contributed by atoms with Crippen molar-refractivity contribution in [3.8, 4) is 0 Å². The molecule has 72 valence electrons. The topological polar surface area (TPSA) is 62.5 Å². The van der Waals surface area contributed by atoms with Crippen molar-refractivity contribution in [1.82, 2.24) is 5.32 Å². The van der Waals surface area contributed by atoms with Gasteiger partial charge in [0.15, 0.2) is 0 Å². The minimum atomic E-state index is -0.461. The van der Waals surface area contributed by atoms with Crippen molar-refractivity contribution in [2.75, 3.05) is 13.2 Å². The number of nitrogens with one attached hydrogen (secondary N) is 1. The van der Waals surface area contributed by atoms with E-state index in [0.29, 0.717) is 13.0 Å². The Balaban J connectivity index is 2.24. The Labute approximate surface area is 76.6 Å². The molecule has 0 atom stereocenters. The predicted octanol–water partition coefficient (Wildman–Crippen LogP) is 0.239. The van der Waals surface area contributed by atoms with Crippen LogP contribution in [-0.4, -0.2) is 24.2 Å². The Morgan fingerprint density at radius 2 is 2.38 bits per heavy atom. The Bertz CT molecular complexity index is 280. The van der Waals surface area contributed by atoms with Crippen molar-refractivity contribution >= 4 is 5.91 Å². The molecule has 0 radical (unpaired) electrons. The van der Waals surface area contributed by atoms with E-state index in [1.165, 1.54) is 0 Å². The molecule has 0 aliphatic heterocycles. The Morgan fingerprint density at radius 3 is 2.92 bits per heavy atom. The zero-order chi connectivity index (χ0) is 9.68. The van der Waals surface area contributed by atoms with Crippen LogP contribution in [0.2, 0.25) is 0 Å². The normalized spacial score (nSPS) is 10.0. The minimum absolute atomic E-state index is 0.358. The number of aliphatic hydroxyl groups is 1. The maximum Gasteiger partial charge on any atom is 0.245 e. The summed E-state index contributed by atoms with van der Waals surface area (Å²) in [5.41, 5.74) is 0. The molecule has 2 N–H and O–H groups in total. The van der Waals surface area contributed by atoms with Gasteiger partial charge in [0.05, 0.1) is 0 Å². The van der Waals surface area contributed by atoms with Crippen LogP contribution in [0.4, 0.5) is 0 Å². The molecular formula is C9H13NO3. The fraction of sp³-hybridized carbons (Fsp3) is 0.444. The lowest BCUT2D eigenvalue weighted by Gasteiger charge is -2.00. The zero-order valence-corrected chi connectivity index (χ0v) is 7.54. The van der Waals surface area contributed by atoms with E-state index in [0.717, 1.165) is 11.5 Å². The first-order valence-electron chi connectivity index (χ1n) is 4.15. The molecule has 0 fully saturated rings. The highest BCUT2D eigenvalue weighted by molar-refractivity contribution is 5.76. The SMILES string of the molecule is Cc1ccc(CCNC(=O)CO)o1. The smallest absolute Gasteiger partial charge is 0.245 e. The van der Waals surface area contributed by atoms with E-state index < -0.39 is 6.61 Å². The van der Waals surface area contributed by atoms with Gasteiger partial charge in [-0.05, 0) is 19.1 Å². The summed E-state index contributed by atoms with van der Waals surface area (Å²) >= 11 is 0. The summed E-state index contributed by atoms with van der Waals surface area (Å²) in [6.07, 6.45) is 0.652. The van der Waals surface area contributed by atoms with E-state index in [2.05, 4.69) is 5.32 Å². The number of aliphatic hydroxyl groups excluding tert-OH is 1. The number of aryl methyl sites for hydroxylation is 1. The monoisotopic (exact) mass is 183 g/mol. The summed E-state index contributed by atoms with van der Waals surface area (Å²) < 4.78 is 5.29. The number of carbonyl (C=O) groups excluding carboxylic acids is 1. The van der Waals surface area contributed by atoms with Gasteiger partial charge < -0.3 is 14.8 Å². The molecule has 1 aromatic heterocycles. The molecule has 1 rings (SSSR count). The van der Waals surface area contributed by atoms with Gasteiger partial charge in [-0.1, -0.05) is 0 Å². The van der Waals surface area contributed by atoms with Gasteiger partial charge in [-0.2, -0.15) is 0 Å². The van der Waals surface area contributed by atoms with Gasteiger partial charge in [0.25, 0.3) is 0 Å². The van der Waals surface area contributed by atoms with Crippen LogP contribution in [0, 0.1) is 6.92 Å². The standard InChI is InChI=1S/C9H13NO3/c1-7-2-3-8(13-7)4-5-10-9(12)6-11/h2-3,11H,4-6H2,1H3,(H,10,12). The van der Waals surface area contributed by atoms with Gasteiger partial charge in [0, 0.05) is 13.0 Å². The van der Waals surface area contributed by atoms with Crippen LogP contribution in [0.1, 0.15) is 11.5 Å². The number of hydrogen-bond donors (Lipinski definition) is 2. The third kappa shape index (κ3) is 3.29. The molecule has 0 unspecified atom stereocenters. The van der Waals surface area contributed by atoms with Crippen molar-refractivity contribution in [2.24, 2.45) is 0 Å². The molecule has 4 heteroatoms. The molecular weight excluding hydrogens is 170 g/mol. The molecule has 13 heavy (non-hydrogen) atoms. The van der Waals surface area contributed by atoms with Crippen molar-refractivity contribution < 1.29 is 14.3 Å². The second kappa shape index (κ2) is 4.67. The van der Waals surface area contributed by atoms with Crippen LogP contribution in [-0.2, 0) is 11.2 Å². The molecule has 1 amide bonds. The molecule has 0 spiro atoms. The second-order valence-corrected chi connectivity index (χ2v) is 2.77. The molecule has 1 aromatic rings. The highest BCUT2D eigenvalue weighted by Gasteiger charge is 2.00. The molecule has 1 heterocycles. The number of rotatable bonds is 4. The average molecular weight is 183 g/mol. The van der Waals surface area contributed by atoms with E-state index >= 15 is 0 Å². The van der Waals surface area contributed by atoms with Crippen LogP contribution in [0.15, 0.2) is 16.5 Å². The third-order valence-corrected chi connectivity index (χ3v) is 1.63. The summed E-state index contributed by atoms with van der Waals surface area (Å²) in [5, 5.41) is 10.9. The Morgan fingerprint density at radius 1 is 1.62 bits per heavy atom. The van der Waals surface area contributed by atoms with Gasteiger partial charge in [0.1, 0.15) is 18.1 Å². The highest BCUT2D eigenvalue weighted by atomic mass is 16.3. The first-order chi connectivity index (χ1) is 6.22. The van der Waals surface area contributed by atoms with Gasteiger partial charge in [-0.3, -0.25) is 4.79 Å². The van der Waals surface area contributed by atoms with Gasteiger partial charge in [-0.25, -0.2) is 0 Å². The van der Waals surface area contributed by atoms with E-state index in [4.69, 9.17) is 9.52 Å². The Hall–Kier alpha value is -1.29. The number of hydrogen-bond acceptors (Lipinski definition) is 3. The molecule has 0 saturated carbocycles. The lowest BCUT2D eigenvalue weighted by atomic mass is 10.3. The van der Waals surface area contributed by atoms with Crippen LogP contribution >= 0.6 is 0 Å². The maximum atomic E-state index is 10.6. The van der Waals surface area contributed by atoms with Crippen LogP contribution in [0.3, 0.4) is 0 Å². The second-order valence-electron chi connectivity index (χ2n) is 2.77. The lowest BCUT2D eigenvalue weighted by molar-refractivity contribution is -0.123. The van der Waals surface area contributed by atoms with E-state index in [9.17, 15) is 4.79 Å². The van der Waals surface area contributed by atoms with Crippen LogP contribution in [0.5, 0.6) is 0 Å². The minimum Gasteiger partial charge on any atom is -0.466 e. The maximum absolute atomic E-state index is 10.6. The predicted molar refractivity (Wildman–Crippen MR) is 47.2 cm³/mol. The fourth-order valence-corrected chi connectivity index (χ4v) is 1.00. The Kier molecular flexibility index (Phi) is 3.52. The molecule has 0 bridgehead atoms. The number of furan rings is 1. The van der Waals surface area contributed by atoms with Crippen LogP contribution < -0.4 is 5.32 Å². The van der Waals surface area contributed by atoms with Crippen LogP contribution in [0.25, 0.3) is 0 Å². The number of amides is 1. The van der Waals surface area contributed by atoms with Gasteiger partial charge in [-0.15, -0.1) is 0 Å². The van der Waals surface area contributed by atoms with Gasteiger partial charge >= 0.3 is 0 Å².